The van der Waals surface area contributed by atoms with Gasteiger partial charge in [-0.1, -0.05) is 19.1 Å². The van der Waals surface area contributed by atoms with E-state index in [0.717, 1.165) is 5.56 Å². The number of nitrogens with two attached hydrogens (primary N) is 1. The largest absolute Gasteiger partial charge is 0.491 e. The fraction of sp³-hybridized carbons (Fsp3) is 0.455. The Bertz CT molecular complexity index is 351. The number of para-hydroxylation sites is 1. The van der Waals surface area contributed by atoms with Crippen LogP contribution < -0.4 is 10.5 Å². The van der Waals surface area contributed by atoms with Crippen LogP contribution in [0.4, 0.5) is 5.69 Å². The molecule has 0 aromatic heterocycles. The normalized spacial score (nSPS) is 25.3. The summed E-state index contributed by atoms with van der Waals surface area (Å²) in [5.74, 6) is 0.656. The highest BCUT2D eigenvalue weighted by Gasteiger charge is 2.34. The third-order valence-electron chi connectivity index (χ3n) is 2.89. The van der Waals surface area contributed by atoms with Crippen molar-refractivity contribution in [2.75, 3.05) is 12.3 Å². The fourth-order valence-corrected chi connectivity index (χ4v) is 1.91. The Morgan fingerprint density at radius 3 is 3.07 bits per heavy atom. The van der Waals surface area contributed by atoms with Gasteiger partial charge in [-0.25, -0.2) is 0 Å². The maximum absolute atomic E-state index is 10.3. The van der Waals surface area contributed by atoms with Crippen molar-refractivity contribution in [1.29, 1.82) is 0 Å². The lowest BCUT2D eigenvalue weighted by Gasteiger charge is -2.34. The molecule has 1 aromatic rings. The molecule has 0 amide bonds. The molecule has 3 heteroatoms. The van der Waals surface area contributed by atoms with Gasteiger partial charge in [0.25, 0.3) is 0 Å². The number of hydrogen-bond acceptors (Lipinski definition) is 3. The number of fused-ring (bicyclic) bond motifs is 1. The minimum Gasteiger partial charge on any atom is -0.491 e. The van der Waals surface area contributed by atoms with Crippen LogP contribution in [0.2, 0.25) is 0 Å². The maximum Gasteiger partial charge on any atom is 0.148 e. The zero-order valence-electron chi connectivity index (χ0n) is 8.29. The number of benzene rings is 1. The van der Waals surface area contributed by atoms with Gasteiger partial charge in [-0.05, 0) is 12.5 Å². The van der Waals surface area contributed by atoms with Crippen LogP contribution in [0, 0.1) is 0 Å². The van der Waals surface area contributed by atoms with Crippen molar-refractivity contribution in [1.82, 2.24) is 0 Å². The minimum absolute atomic E-state index is 0.533. The standard InChI is InChI=1S/C11H15NO2/c1-2-11(13)6-7-14-10-8(11)4-3-5-9(10)12/h3-5,13H,2,6-7,12H2,1H3. The van der Waals surface area contributed by atoms with E-state index in [1.54, 1.807) is 6.07 Å². The van der Waals surface area contributed by atoms with Crippen molar-refractivity contribution in [3.63, 3.8) is 0 Å². The summed E-state index contributed by atoms with van der Waals surface area (Å²) in [6, 6.07) is 5.53. The Morgan fingerprint density at radius 2 is 2.36 bits per heavy atom. The van der Waals surface area contributed by atoms with Gasteiger partial charge in [-0.3, -0.25) is 0 Å². The van der Waals surface area contributed by atoms with E-state index in [-0.39, 0.29) is 0 Å². The molecule has 0 bridgehead atoms. The number of aliphatic hydroxyl groups is 1. The molecule has 0 fully saturated rings. The predicted octanol–water partition coefficient (Wildman–Crippen LogP) is 1.65. The Balaban J connectivity index is 2.55. The Kier molecular flexibility index (Phi) is 2.11. The van der Waals surface area contributed by atoms with E-state index in [4.69, 9.17) is 10.5 Å². The van der Waals surface area contributed by atoms with Gasteiger partial charge in [0.05, 0.1) is 17.9 Å². The average molecular weight is 193 g/mol. The lowest BCUT2D eigenvalue weighted by molar-refractivity contribution is -0.00608. The fourth-order valence-electron chi connectivity index (χ4n) is 1.91. The molecule has 1 aliphatic rings. The Labute approximate surface area is 83.5 Å². The molecule has 0 spiro atoms. The summed E-state index contributed by atoms with van der Waals surface area (Å²) in [5.41, 5.74) is 6.45. The quantitative estimate of drug-likeness (QED) is 0.667. The lowest BCUT2D eigenvalue weighted by atomic mass is 9.85. The first-order chi connectivity index (χ1) is 6.67. The SMILES string of the molecule is CCC1(O)CCOc2c(N)cccc21. The van der Waals surface area contributed by atoms with Crippen molar-refractivity contribution >= 4 is 5.69 Å². The smallest absolute Gasteiger partial charge is 0.148 e. The molecule has 76 valence electrons. The summed E-state index contributed by atoms with van der Waals surface area (Å²) < 4.78 is 5.47. The summed E-state index contributed by atoms with van der Waals surface area (Å²) in [5, 5.41) is 10.3. The van der Waals surface area contributed by atoms with E-state index in [0.29, 0.717) is 30.9 Å². The van der Waals surface area contributed by atoms with Gasteiger partial charge in [-0.2, -0.15) is 0 Å². The van der Waals surface area contributed by atoms with E-state index in [1.807, 2.05) is 19.1 Å². The minimum atomic E-state index is -0.761. The van der Waals surface area contributed by atoms with Crippen LogP contribution in [0.25, 0.3) is 0 Å². The molecule has 2 rings (SSSR count). The zero-order valence-corrected chi connectivity index (χ0v) is 8.29. The first kappa shape index (κ1) is 9.34. The van der Waals surface area contributed by atoms with E-state index < -0.39 is 5.60 Å². The molecule has 1 unspecified atom stereocenters. The van der Waals surface area contributed by atoms with Gasteiger partial charge in [0, 0.05) is 12.0 Å². The third-order valence-corrected chi connectivity index (χ3v) is 2.89. The molecule has 3 nitrogen and oxygen atoms in total. The van der Waals surface area contributed by atoms with E-state index in [1.165, 1.54) is 0 Å². The molecule has 0 saturated heterocycles. The maximum atomic E-state index is 10.3. The number of nitrogen functional groups attached to an aromatic ring is 1. The molecule has 1 atom stereocenters. The van der Waals surface area contributed by atoms with Crippen LogP contribution in [0.15, 0.2) is 18.2 Å². The second-order valence-corrected chi connectivity index (χ2v) is 3.71. The van der Waals surface area contributed by atoms with Crippen LogP contribution in [0.1, 0.15) is 25.3 Å². The van der Waals surface area contributed by atoms with Crippen LogP contribution in [0.5, 0.6) is 5.75 Å². The molecular formula is C11H15NO2. The molecule has 0 aliphatic carbocycles. The molecule has 1 heterocycles. The van der Waals surface area contributed by atoms with Crippen LogP contribution in [0.3, 0.4) is 0 Å². The highest BCUT2D eigenvalue weighted by Crippen LogP contribution is 2.41. The number of ether oxygens (including phenoxy) is 1. The molecule has 14 heavy (non-hydrogen) atoms. The van der Waals surface area contributed by atoms with Crippen molar-refractivity contribution < 1.29 is 9.84 Å². The number of anilines is 1. The van der Waals surface area contributed by atoms with Gasteiger partial charge < -0.3 is 15.6 Å². The molecule has 3 N–H and O–H groups in total. The van der Waals surface area contributed by atoms with E-state index in [2.05, 4.69) is 0 Å². The Hall–Kier alpha value is -1.22. The van der Waals surface area contributed by atoms with E-state index in [9.17, 15) is 5.11 Å². The molecule has 0 radical (unpaired) electrons. The first-order valence-corrected chi connectivity index (χ1v) is 4.91. The highest BCUT2D eigenvalue weighted by molar-refractivity contribution is 5.59. The average Bonchev–Trinajstić information content (AvgIpc) is 2.20. The molecule has 1 aromatic carbocycles. The van der Waals surface area contributed by atoms with Crippen molar-refractivity contribution in [3.05, 3.63) is 23.8 Å². The summed E-state index contributed by atoms with van der Waals surface area (Å²) >= 11 is 0. The van der Waals surface area contributed by atoms with Crippen molar-refractivity contribution in [3.8, 4) is 5.75 Å². The summed E-state index contributed by atoms with van der Waals surface area (Å²) in [6.45, 7) is 2.50. The van der Waals surface area contributed by atoms with E-state index >= 15 is 0 Å². The molecule has 1 aliphatic heterocycles. The van der Waals surface area contributed by atoms with Gasteiger partial charge >= 0.3 is 0 Å². The molecule has 0 saturated carbocycles. The van der Waals surface area contributed by atoms with Crippen LogP contribution in [-0.2, 0) is 5.60 Å². The predicted molar refractivity (Wildman–Crippen MR) is 55.2 cm³/mol. The second kappa shape index (κ2) is 3.17. The van der Waals surface area contributed by atoms with Gasteiger partial charge in [-0.15, -0.1) is 0 Å². The second-order valence-electron chi connectivity index (χ2n) is 3.71. The number of rotatable bonds is 1. The first-order valence-electron chi connectivity index (χ1n) is 4.91. The summed E-state index contributed by atoms with van der Waals surface area (Å²) in [6.07, 6.45) is 1.33. The Morgan fingerprint density at radius 1 is 1.57 bits per heavy atom. The molecular weight excluding hydrogens is 178 g/mol. The monoisotopic (exact) mass is 193 g/mol. The number of hydrogen-bond donors (Lipinski definition) is 2. The topological polar surface area (TPSA) is 55.5 Å². The van der Waals surface area contributed by atoms with Gasteiger partial charge in [0.15, 0.2) is 0 Å². The zero-order chi connectivity index (χ0) is 10.2. The third kappa shape index (κ3) is 1.24. The van der Waals surface area contributed by atoms with Gasteiger partial charge in [0.2, 0.25) is 0 Å². The summed E-state index contributed by atoms with van der Waals surface area (Å²) in [7, 11) is 0. The van der Waals surface area contributed by atoms with Crippen molar-refractivity contribution in [2.45, 2.75) is 25.4 Å². The van der Waals surface area contributed by atoms with Crippen LogP contribution in [-0.4, -0.2) is 11.7 Å². The summed E-state index contributed by atoms with van der Waals surface area (Å²) in [4.78, 5) is 0. The lowest BCUT2D eigenvalue weighted by Crippen LogP contribution is -2.32. The highest BCUT2D eigenvalue weighted by atomic mass is 16.5. The van der Waals surface area contributed by atoms with Crippen molar-refractivity contribution in [2.24, 2.45) is 0 Å². The van der Waals surface area contributed by atoms with Gasteiger partial charge in [0.1, 0.15) is 5.75 Å². The van der Waals surface area contributed by atoms with Crippen LogP contribution >= 0.6 is 0 Å².